The van der Waals surface area contributed by atoms with Gasteiger partial charge in [-0.15, -0.1) is 11.3 Å². The number of sulfonamides is 1. The summed E-state index contributed by atoms with van der Waals surface area (Å²) in [7, 11) is -0.567. The molecule has 1 aliphatic rings. The third-order valence-electron chi connectivity index (χ3n) is 5.22. The lowest BCUT2D eigenvalue weighted by Gasteiger charge is -2.32. The van der Waals surface area contributed by atoms with Crippen LogP contribution in [0.4, 0.5) is 5.13 Å². The van der Waals surface area contributed by atoms with Crippen LogP contribution in [0.25, 0.3) is 11.3 Å². The minimum atomic E-state index is -3.51. The fraction of sp³-hybridized carbons (Fsp3) is 0.227. The molecule has 2 aromatic carbocycles. The molecular weight excluding hydrogens is 450 g/mol. The molecule has 0 saturated carbocycles. The second-order valence-electron chi connectivity index (χ2n) is 7.76. The van der Waals surface area contributed by atoms with E-state index >= 15 is 0 Å². The van der Waals surface area contributed by atoms with Crippen molar-refractivity contribution >= 4 is 38.4 Å². The minimum Gasteiger partial charge on any atom is -0.445 e. The Bertz CT molecular complexity index is 1300. The maximum Gasteiger partial charge on any atom is 0.339 e. The highest BCUT2D eigenvalue weighted by Crippen LogP contribution is 2.31. The van der Waals surface area contributed by atoms with E-state index < -0.39 is 27.5 Å². The van der Waals surface area contributed by atoms with E-state index in [1.807, 2.05) is 12.1 Å². The molecule has 0 aliphatic carbocycles. The average Bonchev–Trinajstić information content (AvgIpc) is 3.22. The zero-order valence-corrected chi connectivity index (χ0v) is 19.3. The van der Waals surface area contributed by atoms with Gasteiger partial charge in [0.2, 0.25) is 10.0 Å². The number of thiazole rings is 1. The zero-order valence-electron chi connectivity index (χ0n) is 17.7. The Morgan fingerprint density at radius 1 is 1.16 bits per heavy atom. The first-order valence-electron chi connectivity index (χ1n) is 9.71. The molecule has 0 saturated heterocycles. The van der Waals surface area contributed by atoms with Gasteiger partial charge < -0.3 is 4.74 Å². The van der Waals surface area contributed by atoms with E-state index in [1.54, 1.807) is 36.6 Å². The molecule has 10 heteroatoms. The Balaban J connectivity index is 1.50. The number of nitrogens with zero attached hydrogens (tertiary/aromatic N) is 2. The lowest BCUT2D eigenvalue weighted by Crippen LogP contribution is -2.48. The minimum absolute atomic E-state index is 0.183. The molecule has 1 aliphatic heterocycles. The van der Waals surface area contributed by atoms with Crippen molar-refractivity contribution in [3.63, 3.8) is 0 Å². The fourth-order valence-corrected chi connectivity index (χ4v) is 4.98. The number of carbonyl (C=O) groups excluding carboxylic acids is 2. The van der Waals surface area contributed by atoms with Crippen molar-refractivity contribution in [1.82, 2.24) is 9.29 Å². The van der Waals surface area contributed by atoms with Crippen LogP contribution in [-0.4, -0.2) is 49.3 Å². The van der Waals surface area contributed by atoms with Crippen LogP contribution in [0.5, 0.6) is 0 Å². The third kappa shape index (κ3) is 4.04. The first-order chi connectivity index (χ1) is 15.1. The Kier molecular flexibility index (Phi) is 5.61. The van der Waals surface area contributed by atoms with Crippen LogP contribution in [0, 0.1) is 0 Å². The number of aromatic nitrogens is 1. The zero-order chi connectivity index (χ0) is 23.1. The molecule has 32 heavy (non-hydrogen) atoms. The third-order valence-corrected chi connectivity index (χ3v) is 7.80. The number of anilines is 1. The maximum absolute atomic E-state index is 12.9. The van der Waals surface area contributed by atoms with Gasteiger partial charge in [0.1, 0.15) is 0 Å². The van der Waals surface area contributed by atoms with Crippen LogP contribution in [0.1, 0.15) is 22.8 Å². The monoisotopic (exact) mass is 471 g/mol. The number of carbonyl (C=O) groups is 2. The highest BCUT2D eigenvalue weighted by molar-refractivity contribution is 7.89. The van der Waals surface area contributed by atoms with Crippen molar-refractivity contribution < 1.29 is 22.7 Å². The number of esters is 1. The van der Waals surface area contributed by atoms with Crippen LogP contribution in [-0.2, 0) is 26.0 Å². The van der Waals surface area contributed by atoms with Gasteiger partial charge in [-0.1, -0.05) is 30.3 Å². The summed E-state index contributed by atoms with van der Waals surface area (Å²) in [5, 5.41) is 4.85. The van der Waals surface area contributed by atoms with E-state index in [0.29, 0.717) is 22.0 Å². The SMILES string of the molecule is CN(C)S(=O)(=O)c1ccc(-c2csc(NC(=O)C3(C)Cc4ccccc4C(=O)O3)n2)cc1. The Morgan fingerprint density at radius 2 is 1.84 bits per heavy atom. The Hall–Kier alpha value is -3.08. The fourth-order valence-electron chi connectivity index (χ4n) is 3.36. The summed E-state index contributed by atoms with van der Waals surface area (Å²) in [6.07, 6.45) is 0.265. The quantitative estimate of drug-likeness (QED) is 0.573. The van der Waals surface area contributed by atoms with Crippen molar-refractivity contribution in [3.05, 3.63) is 65.0 Å². The summed E-state index contributed by atoms with van der Waals surface area (Å²) in [6, 6.07) is 13.4. The van der Waals surface area contributed by atoms with Crippen molar-refractivity contribution in [3.8, 4) is 11.3 Å². The van der Waals surface area contributed by atoms with Crippen LogP contribution in [0.3, 0.4) is 0 Å². The summed E-state index contributed by atoms with van der Waals surface area (Å²) in [5.41, 5.74) is 1.18. The number of nitrogens with one attached hydrogen (secondary N) is 1. The van der Waals surface area contributed by atoms with E-state index in [9.17, 15) is 18.0 Å². The Labute approximate surface area is 189 Å². The molecule has 1 atom stereocenters. The van der Waals surface area contributed by atoms with E-state index in [1.165, 1.54) is 37.6 Å². The van der Waals surface area contributed by atoms with Gasteiger partial charge in [-0.3, -0.25) is 10.1 Å². The number of cyclic esters (lactones) is 1. The molecular formula is C22H21N3O5S2. The molecule has 166 valence electrons. The number of benzene rings is 2. The summed E-state index contributed by atoms with van der Waals surface area (Å²) in [6.45, 7) is 1.58. The lowest BCUT2D eigenvalue weighted by molar-refractivity contribution is -0.134. The van der Waals surface area contributed by atoms with Gasteiger partial charge in [0, 0.05) is 31.5 Å². The second-order valence-corrected chi connectivity index (χ2v) is 10.8. The molecule has 1 aromatic heterocycles. The van der Waals surface area contributed by atoms with Crippen molar-refractivity contribution in [2.75, 3.05) is 19.4 Å². The van der Waals surface area contributed by atoms with E-state index in [-0.39, 0.29) is 11.3 Å². The van der Waals surface area contributed by atoms with Crippen LogP contribution in [0.2, 0.25) is 0 Å². The largest absolute Gasteiger partial charge is 0.445 e. The standard InChI is InChI=1S/C22H21N3O5S2/c1-22(12-15-6-4-5-7-17(15)19(26)30-22)20(27)24-21-23-18(13-31-21)14-8-10-16(11-9-14)32(28,29)25(2)3/h4-11,13H,12H2,1-3H3,(H,23,24,27). The summed E-state index contributed by atoms with van der Waals surface area (Å²) in [5.74, 6) is -0.995. The first kappa shape index (κ1) is 22.1. The van der Waals surface area contributed by atoms with Crippen molar-refractivity contribution in [2.24, 2.45) is 0 Å². The van der Waals surface area contributed by atoms with E-state index in [0.717, 1.165) is 9.87 Å². The highest BCUT2D eigenvalue weighted by atomic mass is 32.2. The smallest absolute Gasteiger partial charge is 0.339 e. The van der Waals surface area contributed by atoms with Gasteiger partial charge in [0.15, 0.2) is 10.7 Å². The molecule has 0 spiro atoms. The number of hydrogen-bond donors (Lipinski definition) is 1. The van der Waals surface area contributed by atoms with E-state index in [4.69, 9.17) is 4.74 Å². The topological polar surface area (TPSA) is 106 Å². The Morgan fingerprint density at radius 3 is 2.53 bits per heavy atom. The van der Waals surface area contributed by atoms with Gasteiger partial charge in [0.05, 0.1) is 16.2 Å². The average molecular weight is 472 g/mol. The number of hydrogen-bond acceptors (Lipinski definition) is 7. The molecule has 2 heterocycles. The molecule has 1 amide bonds. The summed E-state index contributed by atoms with van der Waals surface area (Å²) >= 11 is 1.23. The maximum atomic E-state index is 12.9. The number of amides is 1. The molecule has 4 rings (SSSR count). The van der Waals surface area contributed by atoms with E-state index in [2.05, 4.69) is 10.3 Å². The highest BCUT2D eigenvalue weighted by Gasteiger charge is 2.42. The summed E-state index contributed by atoms with van der Waals surface area (Å²) < 4.78 is 31.0. The van der Waals surface area contributed by atoms with Gasteiger partial charge in [-0.25, -0.2) is 22.5 Å². The lowest BCUT2D eigenvalue weighted by atomic mass is 9.89. The van der Waals surface area contributed by atoms with Gasteiger partial charge in [-0.05, 0) is 30.7 Å². The predicted octanol–water partition coefficient (Wildman–Crippen LogP) is 3.17. The predicted molar refractivity (Wildman–Crippen MR) is 121 cm³/mol. The molecule has 0 radical (unpaired) electrons. The summed E-state index contributed by atoms with van der Waals surface area (Å²) in [4.78, 5) is 29.8. The number of rotatable bonds is 5. The van der Waals surface area contributed by atoms with Crippen molar-refractivity contribution in [1.29, 1.82) is 0 Å². The molecule has 3 aromatic rings. The molecule has 1 unspecified atom stereocenters. The molecule has 8 nitrogen and oxygen atoms in total. The van der Waals surface area contributed by atoms with Crippen LogP contribution >= 0.6 is 11.3 Å². The van der Waals surface area contributed by atoms with Gasteiger partial charge in [0.25, 0.3) is 5.91 Å². The van der Waals surface area contributed by atoms with Gasteiger partial charge >= 0.3 is 5.97 Å². The molecule has 1 N–H and O–H groups in total. The second kappa shape index (κ2) is 8.12. The van der Waals surface area contributed by atoms with Gasteiger partial charge in [-0.2, -0.15) is 0 Å². The number of fused-ring (bicyclic) bond motifs is 1. The van der Waals surface area contributed by atoms with Crippen LogP contribution in [0.15, 0.2) is 58.8 Å². The molecule has 0 fully saturated rings. The number of ether oxygens (including phenoxy) is 1. The van der Waals surface area contributed by atoms with Crippen molar-refractivity contribution in [2.45, 2.75) is 23.8 Å². The van der Waals surface area contributed by atoms with Crippen LogP contribution < -0.4 is 5.32 Å². The normalized spacial score (nSPS) is 18.2. The first-order valence-corrected chi connectivity index (χ1v) is 12.0. The molecule has 0 bridgehead atoms.